The summed E-state index contributed by atoms with van der Waals surface area (Å²) >= 11 is 0. The van der Waals surface area contributed by atoms with Gasteiger partial charge in [-0.25, -0.2) is 10.8 Å². The zero-order valence-electron chi connectivity index (χ0n) is 11.5. The summed E-state index contributed by atoms with van der Waals surface area (Å²) in [6.07, 6.45) is 2.63. The van der Waals surface area contributed by atoms with Crippen molar-refractivity contribution in [2.45, 2.75) is 20.0 Å². The number of pyridine rings is 1. The highest BCUT2D eigenvalue weighted by molar-refractivity contribution is 5.43. The molecule has 5 heteroatoms. The van der Waals surface area contributed by atoms with Crippen LogP contribution in [0.15, 0.2) is 42.6 Å². The number of nitrogens with one attached hydrogen (secondary N) is 1. The first-order chi connectivity index (χ1) is 9.85. The first-order valence-electron chi connectivity index (χ1n) is 6.60. The molecule has 0 saturated carbocycles. The zero-order valence-corrected chi connectivity index (χ0v) is 11.5. The summed E-state index contributed by atoms with van der Waals surface area (Å²) in [5.74, 6) is 7.50. The van der Waals surface area contributed by atoms with Crippen LogP contribution in [0.5, 0.6) is 11.5 Å². The summed E-state index contributed by atoms with van der Waals surface area (Å²) in [5, 5.41) is 0. The number of rotatable bonds is 7. The number of hydrogen-bond acceptors (Lipinski definition) is 5. The monoisotopic (exact) mass is 273 g/mol. The maximum Gasteiger partial charge on any atom is 0.161 e. The van der Waals surface area contributed by atoms with Gasteiger partial charge in [-0.05, 0) is 24.6 Å². The smallest absolute Gasteiger partial charge is 0.161 e. The van der Waals surface area contributed by atoms with Gasteiger partial charge in [0.1, 0.15) is 12.4 Å². The average molecular weight is 273 g/mol. The number of ether oxygens (including phenoxy) is 2. The van der Waals surface area contributed by atoms with Crippen LogP contribution in [0.2, 0.25) is 0 Å². The van der Waals surface area contributed by atoms with Gasteiger partial charge in [0.25, 0.3) is 0 Å². The molecule has 20 heavy (non-hydrogen) atoms. The second kappa shape index (κ2) is 7.35. The Morgan fingerprint density at radius 1 is 1.10 bits per heavy atom. The van der Waals surface area contributed by atoms with Gasteiger partial charge < -0.3 is 14.9 Å². The minimum absolute atomic E-state index is 0.375. The molecule has 0 saturated heterocycles. The lowest BCUT2D eigenvalue weighted by atomic mass is 10.2. The number of anilines is 1. The fraction of sp³-hybridized carbons (Fsp3) is 0.267. The lowest BCUT2D eigenvalue weighted by Gasteiger charge is -2.13. The first-order valence-corrected chi connectivity index (χ1v) is 6.60. The molecule has 0 amide bonds. The van der Waals surface area contributed by atoms with Crippen LogP contribution in [0.3, 0.4) is 0 Å². The number of nitrogens with two attached hydrogens (primary N) is 1. The molecule has 1 heterocycles. The van der Waals surface area contributed by atoms with Crippen molar-refractivity contribution in [1.82, 2.24) is 4.98 Å². The van der Waals surface area contributed by atoms with Crippen LogP contribution in [0.1, 0.15) is 18.9 Å². The van der Waals surface area contributed by atoms with Crippen molar-refractivity contribution in [3.05, 3.63) is 48.2 Å². The Balaban J connectivity index is 2.06. The number of benzene rings is 1. The fourth-order valence-electron chi connectivity index (χ4n) is 1.74. The number of para-hydroxylation sites is 2. The van der Waals surface area contributed by atoms with Crippen LogP contribution < -0.4 is 20.7 Å². The van der Waals surface area contributed by atoms with Gasteiger partial charge in [-0.2, -0.15) is 0 Å². The third-order valence-corrected chi connectivity index (χ3v) is 2.72. The van der Waals surface area contributed by atoms with Crippen molar-refractivity contribution in [3.63, 3.8) is 0 Å². The molecule has 0 fully saturated rings. The molecule has 2 rings (SSSR count). The number of hydrazine groups is 1. The molecule has 0 bridgehead atoms. The summed E-state index contributed by atoms with van der Waals surface area (Å²) in [4.78, 5) is 4.13. The Labute approximate surface area is 118 Å². The van der Waals surface area contributed by atoms with Crippen molar-refractivity contribution in [3.8, 4) is 11.5 Å². The molecule has 0 aliphatic rings. The van der Waals surface area contributed by atoms with E-state index in [-0.39, 0.29) is 0 Å². The summed E-state index contributed by atoms with van der Waals surface area (Å²) < 4.78 is 11.5. The lowest BCUT2D eigenvalue weighted by molar-refractivity contribution is 0.262. The Hall–Kier alpha value is -2.27. The Bertz CT molecular complexity index is 546. The van der Waals surface area contributed by atoms with Crippen LogP contribution in [0.4, 0.5) is 5.82 Å². The third kappa shape index (κ3) is 3.61. The molecule has 0 spiro atoms. The Kier molecular flexibility index (Phi) is 5.20. The molecule has 0 unspecified atom stereocenters. The van der Waals surface area contributed by atoms with E-state index >= 15 is 0 Å². The van der Waals surface area contributed by atoms with Crippen molar-refractivity contribution < 1.29 is 9.47 Å². The molecule has 0 aliphatic carbocycles. The SMILES string of the molecule is CCCOc1ccccc1OCc1cccnc1NN. The highest BCUT2D eigenvalue weighted by atomic mass is 16.5. The highest BCUT2D eigenvalue weighted by Crippen LogP contribution is 2.27. The van der Waals surface area contributed by atoms with E-state index in [1.165, 1.54) is 0 Å². The molecule has 0 aliphatic heterocycles. The molecule has 1 aromatic heterocycles. The van der Waals surface area contributed by atoms with Crippen molar-refractivity contribution >= 4 is 5.82 Å². The van der Waals surface area contributed by atoms with E-state index in [1.807, 2.05) is 36.4 Å². The number of hydrogen-bond donors (Lipinski definition) is 2. The van der Waals surface area contributed by atoms with E-state index < -0.39 is 0 Å². The second-order valence-electron chi connectivity index (χ2n) is 4.24. The number of aromatic nitrogens is 1. The molecule has 0 radical (unpaired) electrons. The van der Waals surface area contributed by atoms with Crippen molar-refractivity contribution in [2.24, 2.45) is 5.84 Å². The fourth-order valence-corrected chi connectivity index (χ4v) is 1.74. The zero-order chi connectivity index (χ0) is 14.2. The summed E-state index contributed by atoms with van der Waals surface area (Å²) in [6.45, 7) is 3.11. The molecule has 106 valence electrons. The highest BCUT2D eigenvalue weighted by Gasteiger charge is 2.06. The van der Waals surface area contributed by atoms with Gasteiger partial charge in [0.15, 0.2) is 11.5 Å². The molecular formula is C15H19N3O2. The van der Waals surface area contributed by atoms with Gasteiger partial charge in [0.05, 0.1) is 6.61 Å². The van der Waals surface area contributed by atoms with E-state index in [2.05, 4.69) is 17.3 Å². The third-order valence-electron chi connectivity index (χ3n) is 2.72. The van der Waals surface area contributed by atoms with Crippen molar-refractivity contribution in [1.29, 1.82) is 0 Å². The lowest BCUT2D eigenvalue weighted by Crippen LogP contribution is -2.12. The Morgan fingerprint density at radius 3 is 2.55 bits per heavy atom. The largest absolute Gasteiger partial charge is 0.490 e. The van der Waals surface area contributed by atoms with Gasteiger partial charge >= 0.3 is 0 Å². The average Bonchev–Trinajstić information content (AvgIpc) is 2.52. The van der Waals surface area contributed by atoms with Gasteiger partial charge in [0, 0.05) is 11.8 Å². The maximum absolute atomic E-state index is 5.80. The summed E-state index contributed by atoms with van der Waals surface area (Å²) in [6, 6.07) is 11.4. The van der Waals surface area contributed by atoms with E-state index in [0.717, 1.165) is 17.7 Å². The van der Waals surface area contributed by atoms with Crippen LogP contribution in [-0.2, 0) is 6.61 Å². The van der Waals surface area contributed by atoms with Crippen LogP contribution in [-0.4, -0.2) is 11.6 Å². The van der Waals surface area contributed by atoms with E-state index in [0.29, 0.717) is 24.8 Å². The summed E-state index contributed by atoms with van der Waals surface area (Å²) in [5.41, 5.74) is 3.45. The normalized spacial score (nSPS) is 10.1. The Morgan fingerprint density at radius 2 is 1.85 bits per heavy atom. The van der Waals surface area contributed by atoms with Gasteiger partial charge in [-0.3, -0.25) is 0 Å². The number of nitrogen functional groups attached to an aromatic ring is 1. The predicted octanol–water partition coefficient (Wildman–Crippen LogP) is 2.73. The maximum atomic E-state index is 5.80. The first kappa shape index (κ1) is 14.1. The summed E-state index contributed by atoms with van der Waals surface area (Å²) in [7, 11) is 0. The molecule has 3 N–H and O–H groups in total. The predicted molar refractivity (Wildman–Crippen MR) is 78.6 cm³/mol. The molecule has 0 atom stereocenters. The van der Waals surface area contributed by atoms with E-state index in [4.69, 9.17) is 15.3 Å². The van der Waals surface area contributed by atoms with Gasteiger partial charge in [0.2, 0.25) is 0 Å². The van der Waals surface area contributed by atoms with Crippen LogP contribution in [0.25, 0.3) is 0 Å². The molecule has 2 aromatic rings. The van der Waals surface area contributed by atoms with E-state index in [9.17, 15) is 0 Å². The van der Waals surface area contributed by atoms with Gasteiger partial charge in [-0.1, -0.05) is 25.1 Å². The van der Waals surface area contributed by atoms with E-state index in [1.54, 1.807) is 6.20 Å². The standard InChI is InChI=1S/C15H19N3O2/c1-2-10-19-13-7-3-4-8-14(13)20-11-12-6-5-9-17-15(12)18-16/h3-9H,2,10-11,16H2,1H3,(H,17,18). The second-order valence-corrected chi connectivity index (χ2v) is 4.24. The topological polar surface area (TPSA) is 69.4 Å². The van der Waals surface area contributed by atoms with Crippen molar-refractivity contribution in [2.75, 3.05) is 12.0 Å². The van der Waals surface area contributed by atoms with Crippen LogP contribution >= 0.6 is 0 Å². The molecule has 1 aromatic carbocycles. The van der Waals surface area contributed by atoms with Gasteiger partial charge in [-0.15, -0.1) is 0 Å². The molecular weight excluding hydrogens is 254 g/mol. The molecule has 5 nitrogen and oxygen atoms in total. The minimum Gasteiger partial charge on any atom is -0.490 e. The minimum atomic E-state index is 0.375. The quantitative estimate of drug-likeness (QED) is 0.599. The van der Waals surface area contributed by atoms with Crippen LogP contribution in [0, 0.1) is 0 Å². The number of nitrogens with zero attached hydrogens (tertiary/aromatic N) is 1.